The van der Waals surface area contributed by atoms with E-state index in [1.54, 1.807) is 12.1 Å². The predicted molar refractivity (Wildman–Crippen MR) is 73.5 cm³/mol. The van der Waals surface area contributed by atoms with Crippen LogP contribution in [0.2, 0.25) is 0 Å². The van der Waals surface area contributed by atoms with Gasteiger partial charge in [-0.1, -0.05) is 42.8 Å². The van der Waals surface area contributed by atoms with Crippen molar-refractivity contribution in [2.75, 3.05) is 0 Å². The molecule has 0 heterocycles. The van der Waals surface area contributed by atoms with Crippen molar-refractivity contribution in [1.82, 2.24) is 0 Å². The van der Waals surface area contributed by atoms with E-state index in [0.29, 0.717) is 11.5 Å². The van der Waals surface area contributed by atoms with Crippen LogP contribution < -0.4 is 0 Å². The first-order valence-corrected chi connectivity index (χ1v) is 6.78. The van der Waals surface area contributed by atoms with Crippen molar-refractivity contribution in [1.29, 1.82) is 0 Å². The molecular weight excluding hydrogens is 239 g/mol. The molecule has 19 heavy (non-hydrogen) atoms. The Bertz CT molecular complexity index is 575. The van der Waals surface area contributed by atoms with Crippen molar-refractivity contribution in [3.05, 3.63) is 71.0 Å². The van der Waals surface area contributed by atoms with E-state index in [4.69, 9.17) is 0 Å². The van der Waals surface area contributed by atoms with Gasteiger partial charge in [0, 0.05) is 0 Å². The summed E-state index contributed by atoms with van der Waals surface area (Å²) in [5.41, 5.74) is 2.75. The van der Waals surface area contributed by atoms with Crippen molar-refractivity contribution in [2.45, 2.75) is 31.3 Å². The molecule has 2 aromatic carbocycles. The van der Waals surface area contributed by atoms with Crippen molar-refractivity contribution in [3.8, 4) is 0 Å². The Morgan fingerprint density at radius 3 is 2.53 bits per heavy atom. The number of hydrogen-bond donors (Lipinski definition) is 1. The third-order valence-electron chi connectivity index (χ3n) is 4.00. The SMILES string of the molecule is OC(c1cccc(F)c1)c1ccccc1C1CCC1. The summed E-state index contributed by atoms with van der Waals surface area (Å²) in [4.78, 5) is 0. The molecule has 0 radical (unpaired) electrons. The highest BCUT2D eigenvalue weighted by atomic mass is 19.1. The van der Waals surface area contributed by atoms with Crippen LogP contribution in [0.15, 0.2) is 48.5 Å². The minimum Gasteiger partial charge on any atom is -0.384 e. The minimum atomic E-state index is -0.743. The highest BCUT2D eigenvalue weighted by molar-refractivity contribution is 5.38. The van der Waals surface area contributed by atoms with E-state index in [9.17, 15) is 9.50 Å². The largest absolute Gasteiger partial charge is 0.384 e. The van der Waals surface area contributed by atoms with E-state index in [0.717, 1.165) is 5.56 Å². The fourth-order valence-electron chi connectivity index (χ4n) is 2.71. The third kappa shape index (κ3) is 2.41. The molecule has 1 atom stereocenters. The monoisotopic (exact) mass is 256 g/mol. The number of hydrogen-bond acceptors (Lipinski definition) is 1. The van der Waals surface area contributed by atoms with Gasteiger partial charge in [0.15, 0.2) is 0 Å². The summed E-state index contributed by atoms with van der Waals surface area (Å²) in [6.07, 6.45) is 2.89. The summed E-state index contributed by atoms with van der Waals surface area (Å²) in [7, 11) is 0. The van der Waals surface area contributed by atoms with Crippen LogP contribution in [0.3, 0.4) is 0 Å². The van der Waals surface area contributed by atoms with Crippen molar-refractivity contribution >= 4 is 0 Å². The summed E-state index contributed by atoms with van der Waals surface area (Å²) in [5.74, 6) is 0.247. The Labute approximate surface area is 112 Å². The predicted octanol–water partition coefficient (Wildman–Crippen LogP) is 4.17. The van der Waals surface area contributed by atoms with Crippen LogP contribution in [-0.2, 0) is 0 Å². The Morgan fingerprint density at radius 2 is 1.84 bits per heavy atom. The molecule has 2 heteroatoms. The molecule has 1 saturated carbocycles. The van der Waals surface area contributed by atoms with Gasteiger partial charge < -0.3 is 5.11 Å². The molecule has 0 aliphatic heterocycles. The molecular formula is C17H17FO. The molecule has 1 aliphatic rings. The van der Waals surface area contributed by atoms with Gasteiger partial charge in [-0.3, -0.25) is 0 Å². The third-order valence-corrected chi connectivity index (χ3v) is 4.00. The molecule has 1 fully saturated rings. The van der Waals surface area contributed by atoms with Gasteiger partial charge in [-0.15, -0.1) is 0 Å². The first kappa shape index (κ1) is 12.4. The lowest BCUT2D eigenvalue weighted by Gasteiger charge is -2.29. The average Bonchev–Trinajstić information content (AvgIpc) is 2.37. The van der Waals surface area contributed by atoms with Crippen molar-refractivity contribution < 1.29 is 9.50 Å². The van der Waals surface area contributed by atoms with Crippen LogP contribution >= 0.6 is 0 Å². The highest BCUT2D eigenvalue weighted by Gasteiger charge is 2.24. The topological polar surface area (TPSA) is 20.2 Å². The summed E-state index contributed by atoms with van der Waals surface area (Å²) in [6.45, 7) is 0. The minimum absolute atomic E-state index is 0.308. The zero-order valence-electron chi connectivity index (χ0n) is 10.7. The van der Waals surface area contributed by atoms with Gasteiger partial charge in [0.05, 0.1) is 0 Å². The van der Waals surface area contributed by atoms with E-state index in [1.165, 1.54) is 37.0 Å². The molecule has 98 valence electrons. The Hall–Kier alpha value is -1.67. The first-order valence-electron chi connectivity index (χ1n) is 6.78. The van der Waals surface area contributed by atoms with Gasteiger partial charge in [0.25, 0.3) is 0 Å². The molecule has 0 saturated heterocycles. The van der Waals surface area contributed by atoms with E-state index >= 15 is 0 Å². The first-order chi connectivity index (χ1) is 9.25. The molecule has 2 aromatic rings. The van der Waals surface area contributed by atoms with Gasteiger partial charge in [-0.2, -0.15) is 0 Å². The van der Waals surface area contributed by atoms with Gasteiger partial charge in [-0.25, -0.2) is 4.39 Å². The summed E-state index contributed by atoms with van der Waals surface area (Å²) in [5, 5.41) is 10.5. The second-order valence-electron chi connectivity index (χ2n) is 5.21. The van der Waals surface area contributed by atoms with E-state index < -0.39 is 6.10 Å². The standard InChI is InChI=1S/C17H17FO/c18-14-8-4-7-13(11-14)17(19)16-10-2-1-9-15(16)12-5-3-6-12/h1-2,4,7-12,17,19H,3,5-6H2. The molecule has 1 unspecified atom stereocenters. The number of benzene rings is 2. The van der Waals surface area contributed by atoms with Crippen LogP contribution in [0.5, 0.6) is 0 Å². The van der Waals surface area contributed by atoms with Crippen molar-refractivity contribution in [2.24, 2.45) is 0 Å². The van der Waals surface area contributed by atoms with Crippen LogP contribution in [0.25, 0.3) is 0 Å². The molecule has 0 amide bonds. The smallest absolute Gasteiger partial charge is 0.123 e. The number of aliphatic hydroxyl groups excluding tert-OH is 1. The van der Waals surface area contributed by atoms with E-state index in [1.807, 2.05) is 18.2 Å². The molecule has 1 aliphatic carbocycles. The molecule has 1 nitrogen and oxygen atoms in total. The number of aliphatic hydroxyl groups is 1. The van der Waals surface area contributed by atoms with E-state index in [-0.39, 0.29) is 5.82 Å². The molecule has 1 N–H and O–H groups in total. The normalized spacial score (nSPS) is 16.9. The maximum atomic E-state index is 13.3. The zero-order valence-corrected chi connectivity index (χ0v) is 10.7. The van der Waals surface area contributed by atoms with Crippen LogP contribution in [0.4, 0.5) is 4.39 Å². The lowest BCUT2D eigenvalue weighted by atomic mass is 9.77. The van der Waals surface area contributed by atoms with Crippen molar-refractivity contribution in [3.63, 3.8) is 0 Å². The number of halogens is 1. The molecule has 3 rings (SSSR count). The highest BCUT2D eigenvalue weighted by Crippen LogP contribution is 2.40. The lowest BCUT2D eigenvalue weighted by Crippen LogP contribution is -2.13. The van der Waals surface area contributed by atoms with Gasteiger partial charge in [0.2, 0.25) is 0 Å². The maximum absolute atomic E-state index is 13.3. The zero-order chi connectivity index (χ0) is 13.2. The molecule has 0 aromatic heterocycles. The maximum Gasteiger partial charge on any atom is 0.123 e. The Balaban J connectivity index is 1.97. The van der Waals surface area contributed by atoms with E-state index in [2.05, 4.69) is 6.07 Å². The summed E-state index contributed by atoms with van der Waals surface area (Å²) >= 11 is 0. The summed E-state index contributed by atoms with van der Waals surface area (Å²) < 4.78 is 13.3. The number of rotatable bonds is 3. The average molecular weight is 256 g/mol. The van der Waals surface area contributed by atoms with Crippen LogP contribution in [-0.4, -0.2) is 5.11 Å². The van der Waals surface area contributed by atoms with Gasteiger partial charge in [0.1, 0.15) is 11.9 Å². The second-order valence-corrected chi connectivity index (χ2v) is 5.21. The van der Waals surface area contributed by atoms with Crippen LogP contribution in [0.1, 0.15) is 48.0 Å². The fourth-order valence-corrected chi connectivity index (χ4v) is 2.71. The molecule has 0 spiro atoms. The fraction of sp³-hybridized carbons (Fsp3) is 0.294. The van der Waals surface area contributed by atoms with Crippen LogP contribution in [0, 0.1) is 5.82 Å². The Morgan fingerprint density at radius 1 is 1.05 bits per heavy atom. The quantitative estimate of drug-likeness (QED) is 0.873. The lowest BCUT2D eigenvalue weighted by molar-refractivity contribution is 0.216. The second kappa shape index (κ2) is 5.14. The Kier molecular flexibility index (Phi) is 3.34. The van der Waals surface area contributed by atoms with Gasteiger partial charge >= 0.3 is 0 Å². The molecule has 0 bridgehead atoms. The summed E-state index contributed by atoms with van der Waals surface area (Å²) in [6, 6.07) is 14.2. The van der Waals surface area contributed by atoms with Gasteiger partial charge in [-0.05, 0) is 47.6 Å².